The second-order valence-electron chi connectivity index (χ2n) is 4.46. The molecule has 0 bridgehead atoms. The number of nitrogens with one attached hydrogen (secondary N) is 1. The molecule has 1 N–H and O–H groups in total. The van der Waals surface area contributed by atoms with Crippen LogP contribution in [0, 0.1) is 25.2 Å². The number of anilines is 1. The number of thioether (sulfide) groups is 1. The van der Waals surface area contributed by atoms with Gasteiger partial charge in [0.05, 0.1) is 17.4 Å². The fourth-order valence-electron chi connectivity index (χ4n) is 1.71. The summed E-state index contributed by atoms with van der Waals surface area (Å²) in [5.74, 6) is 0.107. The van der Waals surface area contributed by atoms with Crippen molar-refractivity contribution in [3.05, 3.63) is 47.3 Å². The molecular weight excluding hydrogens is 284 g/mol. The van der Waals surface area contributed by atoms with Gasteiger partial charge in [0, 0.05) is 17.1 Å². The second-order valence-corrected chi connectivity index (χ2v) is 5.40. The van der Waals surface area contributed by atoms with Crippen molar-refractivity contribution in [2.75, 3.05) is 11.1 Å². The number of aromatic nitrogens is 2. The SMILES string of the molecule is Cc1cc(C)nc(SCC(=O)Nc2ccc(C#N)cc2)n1. The van der Waals surface area contributed by atoms with E-state index in [9.17, 15) is 4.79 Å². The van der Waals surface area contributed by atoms with Crippen LogP contribution in [-0.2, 0) is 4.79 Å². The summed E-state index contributed by atoms with van der Waals surface area (Å²) in [7, 11) is 0. The van der Waals surface area contributed by atoms with Gasteiger partial charge in [-0.15, -0.1) is 0 Å². The first-order chi connectivity index (χ1) is 10.1. The number of hydrogen-bond acceptors (Lipinski definition) is 5. The summed E-state index contributed by atoms with van der Waals surface area (Å²) in [6, 6.07) is 10.7. The number of rotatable bonds is 4. The fraction of sp³-hybridized carbons (Fsp3) is 0.200. The fourth-order valence-corrected chi connectivity index (χ4v) is 2.46. The van der Waals surface area contributed by atoms with Gasteiger partial charge in [-0.3, -0.25) is 4.79 Å². The topological polar surface area (TPSA) is 78.7 Å². The summed E-state index contributed by atoms with van der Waals surface area (Å²) in [5, 5.41) is 12.1. The monoisotopic (exact) mass is 298 g/mol. The molecule has 1 aromatic carbocycles. The Morgan fingerprint density at radius 1 is 1.24 bits per heavy atom. The minimum atomic E-state index is -0.132. The summed E-state index contributed by atoms with van der Waals surface area (Å²) in [5.41, 5.74) is 3.00. The molecule has 2 rings (SSSR count). The van der Waals surface area contributed by atoms with Crippen molar-refractivity contribution in [1.29, 1.82) is 5.26 Å². The van der Waals surface area contributed by atoms with Crippen LogP contribution in [0.3, 0.4) is 0 Å². The number of nitriles is 1. The maximum absolute atomic E-state index is 11.9. The minimum absolute atomic E-state index is 0.132. The molecule has 0 atom stereocenters. The highest BCUT2D eigenvalue weighted by molar-refractivity contribution is 7.99. The van der Waals surface area contributed by atoms with Crippen LogP contribution in [0.2, 0.25) is 0 Å². The number of amides is 1. The molecule has 1 amide bonds. The Morgan fingerprint density at radius 3 is 2.43 bits per heavy atom. The van der Waals surface area contributed by atoms with Crippen LogP contribution >= 0.6 is 11.8 Å². The largest absolute Gasteiger partial charge is 0.325 e. The first-order valence-corrected chi connectivity index (χ1v) is 7.30. The van der Waals surface area contributed by atoms with Crippen LogP contribution < -0.4 is 5.32 Å². The Hall–Kier alpha value is -2.39. The molecule has 0 unspecified atom stereocenters. The average molecular weight is 298 g/mol. The molecule has 0 saturated carbocycles. The van der Waals surface area contributed by atoms with E-state index >= 15 is 0 Å². The molecule has 0 aliphatic heterocycles. The van der Waals surface area contributed by atoms with Gasteiger partial charge in [0.25, 0.3) is 0 Å². The van der Waals surface area contributed by atoms with Gasteiger partial charge in [0.2, 0.25) is 5.91 Å². The van der Waals surface area contributed by atoms with E-state index in [0.717, 1.165) is 11.4 Å². The lowest BCUT2D eigenvalue weighted by Gasteiger charge is -2.05. The van der Waals surface area contributed by atoms with Crippen LogP contribution in [0.4, 0.5) is 5.69 Å². The van der Waals surface area contributed by atoms with Gasteiger partial charge in [0.1, 0.15) is 0 Å². The molecular formula is C15H14N4OS. The zero-order valence-corrected chi connectivity index (χ0v) is 12.6. The molecule has 2 aromatic rings. The van der Waals surface area contributed by atoms with E-state index in [0.29, 0.717) is 16.4 Å². The summed E-state index contributed by atoms with van der Waals surface area (Å²) in [4.78, 5) is 20.4. The molecule has 6 heteroatoms. The van der Waals surface area contributed by atoms with E-state index in [4.69, 9.17) is 5.26 Å². The van der Waals surface area contributed by atoms with Crippen molar-refractivity contribution < 1.29 is 4.79 Å². The van der Waals surface area contributed by atoms with Gasteiger partial charge in [-0.05, 0) is 44.2 Å². The van der Waals surface area contributed by atoms with Crippen molar-refractivity contribution in [3.63, 3.8) is 0 Å². The molecule has 0 saturated heterocycles. The Bertz CT molecular complexity index is 672. The van der Waals surface area contributed by atoms with E-state index < -0.39 is 0 Å². The highest BCUT2D eigenvalue weighted by Gasteiger charge is 2.06. The molecule has 0 aliphatic rings. The van der Waals surface area contributed by atoms with Crippen LogP contribution in [0.25, 0.3) is 0 Å². The molecule has 106 valence electrons. The molecule has 5 nitrogen and oxygen atoms in total. The summed E-state index contributed by atoms with van der Waals surface area (Å²) in [6.07, 6.45) is 0. The van der Waals surface area contributed by atoms with E-state index in [1.54, 1.807) is 24.3 Å². The Balaban J connectivity index is 1.91. The molecule has 21 heavy (non-hydrogen) atoms. The molecule has 1 aromatic heterocycles. The highest BCUT2D eigenvalue weighted by atomic mass is 32.2. The van der Waals surface area contributed by atoms with Crippen LogP contribution in [0.1, 0.15) is 17.0 Å². The predicted octanol–water partition coefficient (Wildman–Crippen LogP) is 2.70. The van der Waals surface area contributed by atoms with Gasteiger partial charge < -0.3 is 5.32 Å². The quantitative estimate of drug-likeness (QED) is 0.693. The van der Waals surface area contributed by atoms with Crippen molar-refractivity contribution in [3.8, 4) is 6.07 Å². The van der Waals surface area contributed by atoms with E-state index in [-0.39, 0.29) is 11.7 Å². The zero-order chi connectivity index (χ0) is 15.2. The maximum Gasteiger partial charge on any atom is 0.234 e. The number of carbonyl (C=O) groups is 1. The third-order valence-electron chi connectivity index (χ3n) is 2.59. The summed E-state index contributed by atoms with van der Waals surface area (Å²) in [6.45, 7) is 3.80. The number of nitrogens with zero attached hydrogens (tertiary/aromatic N) is 3. The molecule has 0 fully saturated rings. The Labute approximate surface area is 127 Å². The van der Waals surface area contributed by atoms with Gasteiger partial charge >= 0.3 is 0 Å². The lowest BCUT2D eigenvalue weighted by molar-refractivity contribution is -0.113. The lowest BCUT2D eigenvalue weighted by Crippen LogP contribution is -2.14. The van der Waals surface area contributed by atoms with Crippen molar-refractivity contribution >= 4 is 23.4 Å². The lowest BCUT2D eigenvalue weighted by atomic mass is 10.2. The molecule has 0 spiro atoms. The molecule has 0 radical (unpaired) electrons. The van der Waals surface area contributed by atoms with Crippen molar-refractivity contribution in [2.45, 2.75) is 19.0 Å². The van der Waals surface area contributed by atoms with E-state index in [1.807, 2.05) is 26.0 Å². The first-order valence-electron chi connectivity index (χ1n) is 6.32. The number of benzene rings is 1. The van der Waals surface area contributed by atoms with Gasteiger partial charge in [-0.25, -0.2) is 9.97 Å². The van der Waals surface area contributed by atoms with Gasteiger partial charge in [-0.2, -0.15) is 5.26 Å². The van der Waals surface area contributed by atoms with Crippen LogP contribution in [0.15, 0.2) is 35.5 Å². The third-order valence-corrected chi connectivity index (χ3v) is 3.44. The Morgan fingerprint density at radius 2 is 1.86 bits per heavy atom. The van der Waals surface area contributed by atoms with E-state index in [1.165, 1.54) is 11.8 Å². The molecule has 0 aliphatic carbocycles. The predicted molar refractivity (Wildman–Crippen MR) is 82.0 cm³/mol. The third kappa shape index (κ3) is 4.58. The standard InChI is InChI=1S/C15H14N4OS/c1-10-7-11(2)18-15(17-10)21-9-14(20)19-13-5-3-12(8-16)4-6-13/h3-7H,9H2,1-2H3,(H,19,20). The van der Waals surface area contributed by atoms with Crippen molar-refractivity contribution in [1.82, 2.24) is 9.97 Å². The molecule has 1 heterocycles. The first kappa shape index (κ1) is 15.0. The zero-order valence-electron chi connectivity index (χ0n) is 11.8. The van der Waals surface area contributed by atoms with E-state index in [2.05, 4.69) is 15.3 Å². The number of carbonyl (C=O) groups excluding carboxylic acids is 1. The van der Waals surface area contributed by atoms with Crippen LogP contribution in [0.5, 0.6) is 0 Å². The highest BCUT2D eigenvalue weighted by Crippen LogP contribution is 2.15. The number of hydrogen-bond donors (Lipinski definition) is 1. The number of aryl methyl sites for hydroxylation is 2. The summed E-state index contributed by atoms with van der Waals surface area (Å²) >= 11 is 1.30. The van der Waals surface area contributed by atoms with Gasteiger partial charge in [0.15, 0.2) is 5.16 Å². The smallest absolute Gasteiger partial charge is 0.234 e. The summed E-state index contributed by atoms with van der Waals surface area (Å²) < 4.78 is 0. The van der Waals surface area contributed by atoms with Crippen molar-refractivity contribution in [2.24, 2.45) is 0 Å². The minimum Gasteiger partial charge on any atom is -0.325 e. The van der Waals surface area contributed by atoms with Crippen LogP contribution in [-0.4, -0.2) is 21.6 Å². The van der Waals surface area contributed by atoms with Gasteiger partial charge in [-0.1, -0.05) is 11.8 Å². The maximum atomic E-state index is 11.9. The average Bonchev–Trinajstić information content (AvgIpc) is 2.45. The second kappa shape index (κ2) is 6.86. The Kier molecular flexibility index (Phi) is 4.90. The normalized spacial score (nSPS) is 9.95.